The van der Waals surface area contributed by atoms with Crippen molar-refractivity contribution in [2.45, 2.75) is 64.0 Å². The van der Waals surface area contributed by atoms with Gasteiger partial charge < -0.3 is 10.6 Å². The molecule has 2 aromatic carbocycles. The molecule has 170 valence electrons. The van der Waals surface area contributed by atoms with Gasteiger partial charge in [0.2, 0.25) is 5.91 Å². The Morgan fingerprint density at radius 1 is 0.906 bits per heavy atom. The van der Waals surface area contributed by atoms with Crippen LogP contribution in [0.4, 0.5) is 5.69 Å². The largest absolute Gasteiger partial charge is 0.353 e. The topological polar surface area (TPSA) is 61.4 Å². The van der Waals surface area contributed by atoms with Gasteiger partial charge in [-0.25, -0.2) is 0 Å². The van der Waals surface area contributed by atoms with Crippen molar-refractivity contribution in [3.8, 4) is 0 Å². The van der Waals surface area contributed by atoms with Crippen LogP contribution in [0, 0.1) is 5.92 Å². The first-order valence-corrected chi connectivity index (χ1v) is 12.1. The molecule has 0 spiro atoms. The lowest BCUT2D eigenvalue weighted by molar-refractivity contribution is -0.127. The molecule has 0 aromatic heterocycles. The zero-order valence-electron chi connectivity index (χ0n) is 19.1. The van der Waals surface area contributed by atoms with Crippen LogP contribution < -0.4 is 10.6 Å². The molecule has 1 heterocycles. The van der Waals surface area contributed by atoms with Crippen molar-refractivity contribution in [2.75, 3.05) is 18.4 Å². The third-order valence-corrected chi connectivity index (χ3v) is 7.06. The summed E-state index contributed by atoms with van der Waals surface area (Å²) >= 11 is 0. The van der Waals surface area contributed by atoms with E-state index in [0.29, 0.717) is 11.6 Å². The predicted molar refractivity (Wildman–Crippen MR) is 129 cm³/mol. The fraction of sp³-hybridized carbons (Fsp3) is 0.481. The number of rotatable bonds is 6. The number of anilines is 1. The van der Waals surface area contributed by atoms with E-state index in [1.54, 1.807) is 0 Å². The van der Waals surface area contributed by atoms with Crippen molar-refractivity contribution in [1.82, 2.24) is 10.2 Å². The van der Waals surface area contributed by atoms with E-state index in [-0.39, 0.29) is 23.8 Å². The zero-order chi connectivity index (χ0) is 22.3. The Hall–Kier alpha value is -2.66. The maximum Gasteiger partial charge on any atom is 0.255 e. The third-order valence-electron chi connectivity index (χ3n) is 7.06. The molecule has 2 fully saturated rings. The van der Waals surface area contributed by atoms with Crippen LogP contribution in [-0.2, 0) is 4.79 Å². The second kappa shape index (κ2) is 10.8. The maximum absolute atomic E-state index is 12.7. The first-order valence-electron chi connectivity index (χ1n) is 12.1. The van der Waals surface area contributed by atoms with Crippen LogP contribution in [0.1, 0.15) is 73.8 Å². The average Bonchev–Trinajstić information content (AvgIpc) is 2.85. The highest BCUT2D eigenvalue weighted by atomic mass is 16.2. The minimum absolute atomic E-state index is 0.0970. The minimum Gasteiger partial charge on any atom is -0.353 e. The molecule has 1 unspecified atom stereocenters. The van der Waals surface area contributed by atoms with Crippen molar-refractivity contribution in [1.29, 1.82) is 0 Å². The summed E-state index contributed by atoms with van der Waals surface area (Å²) in [6, 6.07) is 18.0. The van der Waals surface area contributed by atoms with Gasteiger partial charge in [0.25, 0.3) is 5.91 Å². The monoisotopic (exact) mass is 433 g/mol. The third kappa shape index (κ3) is 5.77. The number of likely N-dealkylation sites (tertiary alicyclic amines) is 1. The fourth-order valence-electron chi connectivity index (χ4n) is 4.99. The van der Waals surface area contributed by atoms with Crippen molar-refractivity contribution in [3.05, 3.63) is 65.7 Å². The summed E-state index contributed by atoms with van der Waals surface area (Å²) in [5.41, 5.74) is 2.64. The Bertz CT molecular complexity index is 900. The number of amides is 2. The molecule has 1 aliphatic heterocycles. The Labute approximate surface area is 191 Å². The lowest BCUT2D eigenvalue weighted by Gasteiger charge is -2.36. The van der Waals surface area contributed by atoms with Crippen molar-refractivity contribution < 1.29 is 9.59 Å². The van der Waals surface area contributed by atoms with E-state index in [2.05, 4.69) is 34.6 Å². The molecule has 5 heteroatoms. The summed E-state index contributed by atoms with van der Waals surface area (Å²) in [5, 5.41) is 6.31. The van der Waals surface area contributed by atoms with E-state index < -0.39 is 0 Å². The molecule has 2 amide bonds. The standard InChI is InChI=1S/C27H35N3O2/c1-20(23-11-8-14-25(19-23)29-26(31)21-9-4-2-5-10-21)30-17-15-22(16-18-30)27(32)28-24-12-6-3-7-13-24/h2,4-5,8-11,14,19-20,22,24H,3,6-7,12-13,15-18H2,1H3,(H,28,32)(H,29,31). The molecule has 1 aliphatic carbocycles. The summed E-state index contributed by atoms with van der Waals surface area (Å²) < 4.78 is 0. The normalized spacial score (nSPS) is 19.3. The van der Waals surface area contributed by atoms with E-state index in [1.807, 2.05) is 42.5 Å². The first-order chi connectivity index (χ1) is 15.6. The van der Waals surface area contributed by atoms with Crippen LogP contribution in [0.25, 0.3) is 0 Å². The van der Waals surface area contributed by atoms with E-state index in [4.69, 9.17) is 0 Å². The molecule has 1 saturated carbocycles. The Kier molecular flexibility index (Phi) is 7.59. The molecule has 2 aliphatic rings. The van der Waals surface area contributed by atoms with Crippen LogP contribution in [-0.4, -0.2) is 35.8 Å². The molecule has 1 atom stereocenters. The summed E-state index contributed by atoms with van der Waals surface area (Å²) in [6.07, 6.45) is 7.88. The van der Waals surface area contributed by atoms with E-state index in [1.165, 1.54) is 24.8 Å². The Morgan fingerprint density at radius 2 is 1.62 bits per heavy atom. The van der Waals surface area contributed by atoms with E-state index >= 15 is 0 Å². The molecule has 5 nitrogen and oxygen atoms in total. The van der Waals surface area contributed by atoms with Gasteiger partial charge in [0, 0.05) is 29.3 Å². The number of nitrogens with one attached hydrogen (secondary N) is 2. The quantitative estimate of drug-likeness (QED) is 0.661. The van der Waals surface area contributed by atoms with Crippen LogP contribution in [0.5, 0.6) is 0 Å². The van der Waals surface area contributed by atoms with Gasteiger partial charge in [-0.15, -0.1) is 0 Å². The molecule has 32 heavy (non-hydrogen) atoms. The molecule has 0 radical (unpaired) electrons. The highest BCUT2D eigenvalue weighted by molar-refractivity contribution is 6.04. The molecular formula is C27H35N3O2. The zero-order valence-corrected chi connectivity index (χ0v) is 19.1. The summed E-state index contributed by atoms with van der Waals surface area (Å²) in [6.45, 7) is 4.05. The van der Waals surface area contributed by atoms with Gasteiger partial charge in [0.15, 0.2) is 0 Å². The smallest absolute Gasteiger partial charge is 0.255 e. The van der Waals surface area contributed by atoms with E-state index in [9.17, 15) is 9.59 Å². The first kappa shape index (κ1) is 22.5. The highest BCUT2D eigenvalue weighted by Gasteiger charge is 2.29. The number of piperidine rings is 1. The number of hydrogen-bond donors (Lipinski definition) is 2. The van der Waals surface area contributed by atoms with Crippen molar-refractivity contribution in [3.63, 3.8) is 0 Å². The fourth-order valence-corrected chi connectivity index (χ4v) is 4.99. The highest BCUT2D eigenvalue weighted by Crippen LogP contribution is 2.28. The molecule has 2 N–H and O–H groups in total. The molecule has 0 bridgehead atoms. The SMILES string of the molecule is CC(c1cccc(NC(=O)c2ccccc2)c1)N1CCC(C(=O)NC2CCCCC2)CC1. The van der Waals surface area contributed by atoms with Crippen LogP contribution >= 0.6 is 0 Å². The van der Waals surface area contributed by atoms with Crippen LogP contribution in [0.15, 0.2) is 54.6 Å². The number of carbonyl (C=O) groups excluding carboxylic acids is 2. The van der Waals surface area contributed by atoms with Gasteiger partial charge in [0.05, 0.1) is 0 Å². The van der Waals surface area contributed by atoms with Gasteiger partial charge in [-0.05, 0) is 75.5 Å². The number of hydrogen-bond acceptors (Lipinski definition) is 3. The number of nitrogens with zero attached hydrogens (tertiary/aromatic N) is 1. The van der Waals surface area contributed by atoms with Gasteiger partial charge in [-0.1, -0.05) is 49.6 Å². The molecular weight excluding hydrogens is 398 g/mol. The summed E-state index contributed by atoms with van der Waals surface area (Å²) in [4.78, 5) is 27.6. The lowest BCUT2D eigenvalue weighted by atomic mass is 9.91. The second-order valence-electron chi connectivity index (χ2n) is 9.28. The number of carbonyl (C=O) groups is 2. The van der Waals surface area contributed by atoms with Gasteiger partial charge in [0.1, 0.15) is 0 Å². The molecule has 4 rings (SSSR count). The minimum atomic E-state index is -0.0970. The Balaban J connectivity index is 1.30. The second-order valence-corrected chi connectivity index (χ2v) is 9.28. The van der Waals surface area contributed by atoms with Gasteiger partial charge in [-0.2, -0.15) is 0 Å². The van der Waals surface area contributed by atoms with Gasteiger partial charge >= 0.3 is 0 Å². The summed E-state index contributed by atoms with van der Waals surface area (Å²) in [7, 11) is 0. The average molecular weight is 434 g/mol. The van der Waals surface area contributed by atoms with Crippen LogP contribution in [0.3, 0.4) is 0 Å². The van der Waals surface area contributed by atoms with Crippen molar-refractivity contribution in [2.24, 2.45) is 5.92 Å². The lowest BCUT2D eigenvalue weighted by Crippen LogP contribution is -2.44. The van der Waals surface area contributed by atoms with E-state index in [0.717, 1.165) is 44.5 Å². The summed E-state index contributed by atoms with van der Waals surface area (Å²) in [5.74, 6) is 0.298. The number of benzene rings is 2. The maximum atomic E-state index is 12.7. The molecule has 2 aromatic rings. The van der Waals surface area contributed by atoms with Crippen LogP contribution in [0.2, 0.25) is 0 Å². The van der Waals surface area contributed by atoms with Gasteiger partial charge in [-0.3, -0.25) is 14.5 Å². The molecule has 1 saturated heterocycles. The predicted octanol–water partition coefficient (Wildman–Crippen LogP) is 5.16. The van der Waals surface area contributed by atoms with Crippen molar-refractivity contribution >= 4 is 17.5 Å². The Morgan fingerprint density at radius 3 is 2.34 bits per heavy atom.